The van der Waals surface area contributed by atoms with Gasteiger partial charge in [0, 0.05) is 18.5 Å². The summed E-state index contributed by atoms with van der Waals surface area (Å²) in [6, 6.07) is 5.89. The second-order valence-electron chi connectivity index (χ2n) is 7.48. The molecule has 1 amide bonds. The SMILES string of the molecule is O=C(NCC1(c2ccc3c(c2)OCO3)CCCCC1)C1CC(O)CN1. The van der Waals surface area contributed by atoms with Crippen LogP contribution < -0.4 is 20.1 Å². The third-order valence-electron chi connectivity index (χ3n) is 5.82. The lowest BCUT2D eigenvalue weighted by atomic mass is 9.69. The van der Waals surface area contributed by atoms with Crippen LogP contribution >= 0.6 is 0 Å². The van der Waals surface area contributed by atoms with Crippen LogP contribution in [0, 0.1) is 0 Å². The predicted molar refractivity (Wildman–Crippen MR) is 92.8 cm³/mol. The van der Waals surface area contributed by atoms with Crippen molar-refractivity contribution in [2.75, 3.05) is 19.9 Å². The van der Waals surface area contributed by atoms with Crippen LogP contribution in [0.15, 0.2) is 18.2 Å². The Hall–Kier alpha value is -1.79. The first-order valence-corrected chi connectivity index (χ1v) is 9.26. The second kappa shape index (κ2) is 6.84. The highest BCUT2D eigenvalue weighted by molar-refractivity contribution is 5.82. The Morgan fingerprint density at radius 3 is 2.80 bits per heavy atom. The summed E-state index contributed by atoms with van der Waals surface area (Å²) in [4.78, 5) is 12.5. The third kappa shape index (κ3) is 3.33. The number of carbonyl (C=O) groups is 1. The van der Waals surface area contributed by atoms with E-state index in [1.165, 1.54) is 24.8 Å². The summed E-state index contributed by atoms with van der Waals surface area (Å²) >= 11 is 0. The maximum Gasteiger partial charge on any atom is 0.237 e. The molecular weight excluding hydrogens is 320 g/mol. The summed E-state index contributed by atoms with van der Waals surface area (Å²) in [5, 5.41) is 15.8. The van der Waals surface area contributed by atoms with Gasteiger partial charge in [-0.1, -0.05) is 25.3 Å². The largest absolute Gasteiger partial charge is 0.454 e. The van der Waals surface area contributed by atoms with Crippen LogP contribution in [0.5, 0.6) is 11.5 Å². The summed E-state index contributed by atoms with van der Waals surface area (Å²) < 4.78 is 11.0. The Bertz CT molecular complexity index is 642. The van der Waals surface area contributed by atoms with Crippen LogP contribution in [0.3, 0.4) is 0 Å². The van der Waals surface area contributed by atoms with Gasteiger partial charge < -0.3 is 25.2 Å². The molecule has 6 heteroatoms. The van der Waals surface area contributed by atoms with Crippen LogP contribution in [0.25, 0.3) is 0 Å². The summed E-state index contributed by atoms with van der Waals surface area (Å²) in [5.74, 6) is 1.58. The van der Waals surface area contributed by atoms with E-state index >= 15 is 0 Å². The van der Waals surface area contributed by atoms with Crippen molar-refractivity contribution >= 4 is 5.91 Å². The zero-order valence-corrected chi connectivity index (χ0v) is 14.4. The zero-order valence-electron chi connectivity index (χ0n) is 14.4. The monoisotopic (exact) mass is 346 g/mol. The number of carbonyl (C=O) groups excluding carboxylic acids is 1. The van der Waals surface area contributed by atoms with E-state index in [0.717, 1.165) is 24.3 Å². The van der Waals surface area contributed by atoms with Gasteiger partial charge in [0.1, 0.15) is 0 Å². The molecule has 1 saturated heterocycles. The number of nitrogens with one attached hydrogen (secondary N) is 2. The Morgan fingerprint density at radius 2 is 2.04 bits per heavy atom. The van der Waals surface area contributed by atoms with E-state index in [1.54, 1.807) is 0 Å². The number of ether oxygens (including phenoxy) is 2. The van der Waals surface area contributed by atoms with Gasteiger partial charge >= 0.3 is 0 Å². The highest BCUT2D eigenvalue weighted by atomic mass is 16.7. The maximum absolute atomic E-state index is 12.5. The molecule has 25 heavy (non-hydrogen) atoms. The highest BCUT2D eigenvalue weighted by Crippen LogP contribution is 2.43. The Morgan fingerprint density at radius 1 is 1.24 bits per heavy atom. The van der Waals surface area contributed by atoms with Gasteiger partial charge in [0.25, 0.3) is 0 Å². The van der Waals surface area contributed by atoms with Gasteiger partial charge in [-0.3, -0.25) is 4.79 Å². The number of β-amino-alcohol motifs (C(OH)–C–C–N with tert-alkyl or cyclic N) is 1. The fourth-order valence-electron chi connectivity index (χ4n) is 4.32. The minimum atomic E-state index is -0.423. The summed E-state index contributed by atoms with van der Waals surface area (Å²) in [6.07, 6.45) is 5.78. The molecule has 4 rings (SSSR count). The number of benzene rings is 1. The van der Waals surface area contributed by atoms with Crippen molar-refractivity contribution < 1.29 is 19.4 Å². The van der Waals surface area contributed by atoms with Crippen molar-refractivity contribution in [3.05, 3.63) is 23.8 Å². The van der Waals surface area contributed by atoms with E-state index in [2.05, 4.69) is 22.8 Å². The lowest BCUT2D eigenvalue weighted by Crippen LogP contribution is -2.47. The number of aliphatic hydroxyl groups excluding tert-OH is 1. The number of fused-ring (bicyclic) bond motifs is 1. The van der Waals surface area contributed by atoms with E-state index in [9.17, 15) is 9.90 Å². The molecule has 6 nitrogen and oxygen atoms in total. The van der Waals surface area contributed by atoms with E-state index in [0.29, 0.717) is 19.5 Å². The third-order valence-corrected chi connectivity index (χ3v) is 5.82. The fraction of sp³-hybridized carbons (Fsp3) is 0.632. The van der Waals surface area contributed by atoms with Gasteiger partial charge in [0.15, 0.2) is 11.5 Å². The van der Waals surface area contributed by atoms with Crippen LogP contribution in [0.4, 0.5) is 0 Å². The van der Waals surface area contributed by atoms with Crippen molar-refractivity contribution in [2.45, 2.75) is 56.1 Å². The standard InChI is InChI=1S/C19H26N2O4/c22-14-9-15(20-10-14)18(23)21-11-19(6-2-1-3-7-19)13-4-5-16-17(8-13)25-12-24-16/h4-5,8,14-15,20,22H,1-3,6-7,9-12H2,(H,21,23). The van der Waals surface area contributed by atoms with Gasteiger partial charge in [0.05, 0.1) is 12.1 Å². The molecule has 136 valence electrons. The molecule has 2 heterocycles. The number of amides is 1. The minimum absolute atomic E-state index is 0.0118. The quantitative estimate of drug-likeness (QED) is 0.769. The Balaban J connectivity index is 1.50. The smallest absolute Gasteiger partial charge is 0.237 e. The first-order chi connectivity index (χ1) is 12.2. The highest BCUT2D eigenvalue weighted by Gasteiger charge is 2.36. The fourth-order valence-corrected chi connectivity index (χ4v) is 4.32. The van der Waals surface area contributed by atoms with Crippen LogP contribution in [-0.4, -0.2) is 43.0 Å². The summed E-state index contributed by atoms with van der Waals surface area (Å²) in [6.45, 7) is 1.39. The molecule has 2 fully saturated rings. The molecule has 0 bridgehead atoms. The minimum Gasteiger partial charge on any atom is -0.454 e. The first-order valence-electron chi connectivity index (χ1n) is 9.26. The van der Waals surface area contributed by atoms with Crippen molar-refractivity contribution in [1.82, 2.24) is 10.6 Å². The van der Waals surface area contributed by atoms with Crippen molar-refractivity contribution in [2.24, 2.45) is 0 Å². The van der Waals surface area contributed by atoms with Crippen molar-refractivity contribution in [3.63, 3.8) is 0 Å². The molecule has 2 aliphatic heterocycles. The average molecular weight is 346 g/mol. The van der Waals surface area contributed by atoms with Gasteiger partial charge in [0.2, 0.25) is 12.7 Å². The number of hydrogen-bond donors (Lipinski definition) is 3. The van der Waals surface area contributed by atoms with Gasteiger partial charge in [-0.15, -0.1) is 0 Å². The first kappa shape index (κ1) is 16.7. The Labute approximate surface area is 147 Å². The number of aliphatic hydroxyl groups is 1. The van der Waals surface area contributed by atoms with Gasteiger partial charge in [-0.2, -0.15) is 0 Å². The molecule has 1 aromatic carbocycles. The molecule has 0 spiro atoms. The van der Waals surface area contributed by atoms with E-state index in [4.69, 9.17) is 9.47 Å². The second-order valence-corrected chi connectivity index (χ2v) is 7.48. The molecule has 2 unspecified atom stereocenters. The topological polar surface area (TPSA) is 79.8 Å². The lowest BCUT2D eigenvalue weighted by Gasteiger charge is -2.38. The average Bonchev–Trinajstić information content (AvgIpc) is 3.28. The lowest BCUT2D eigenvalue weighted by molar-refractivity contribution is -0.123. The van der Waals surface area contributed by atoms with Crippen LogP contribution in [0.1, 0.15) is 44.1 Å². The molecule has 3 aliphatic rings. The van der Waals surface area contributed by atoms with E-state index < -0.39 is 6.10 Å². The molecule has 1 aromatic rings. The summed E-state index contributed by atoms with van der Waals surface area (Å²) in [7, 11) is 0. The zero-order chi connectivity index (χ0) is 17.3. The molecule has 0 radical (unpaired) electrons. The van der Waals surface area contributed by atoms with Gasteiger partial charge in [-0.25, -0.2) is 0 Å². The van der Waals surface area contributed by atoms with Gasteiger partial charge in [-0.05, 0) is 37.0 Å². The normalized spacial score (nSPS) is 27.2. The van der Waals surface area contributed by atoms with Crippen LogP contribution in [-0.2, 0) is 10.2 Å². The maximum atomic E-state index is 12.5. The van der Waals surface area contributed by atoms with Crippen molar-refractivity contribution in [1.29, 1.82) is 0 Å². The predicted octanol–water partition coefficient (Wildman–Crippen LogP) is 1.46. The molecular formula is C19H26N2O4. The molecule has 3 N–H and O–H groups in total. The number of hydrogen-bond acceptors (Lipinski definition) is 5. The molecule has 2 atom stereocenters. The summed E-state index contributed by atoms with van der Waals surface area (Å²) in [5.41, 5.74) is 1.17. The van der Waals surface area contributed by atoms with E-state index in [1.807, 2.05) is 6.07 Å². The molecule has 1 aliphatic carbocycles. The van der Waals surface area contributed by atoms with E-state index in [-0.39, 0.29) is 24.2 Å². The van der Waals surface area contributed by atoms with Crippen molar-refractivity contribution in [3.8, 4) is 11.5 Å². The Kier molecular flexibility index (Phi) is 4.56. The molecule has 1 saturated carbocycles. The number of rotatable bonds is 4. The van der Waals surface area contributed by atoms with Crippen LogP contribution in [0.2, 0.25) is 0 Å². The molecule has 0 aromatic heterocycles.